The van der Waals surface area contributed by atoms with E-state index in [4.69, 9.17) is 10.1 Å². The molecule has 0 saturated heterocycles. The predicted octanol–water partition coefficient (Wildman–Crippen LogP) is 3.59. The van der Waals surface area contributed by atoms with E-state index in [0.717, 1.165) is 22.4 Å². The lowest BCUT2D eigenvalue weighted by Gasteiger charge is -2.28. The molecule has 134 valence electrons. The second-order valence-corrected chi connectivity index (χ2v) is 6.59. The number of hydrogen-bond donors (Lipinski definition) is 2. The topological polar surface area (TPSA) is 94.9 Å². The Balaban J connectivity index is 1.83. The number of phenolic OH excluding ortho intramolecular Hbond substituents is 1. The first kappa shape index (κ1) is 16.9. The average molecular weight is 358 g/mol. The van der Waals surface area contributed by atoms with Gasteiger partial charge in [0.15, 0.2) is 0 Å². The van der Waals surface area contributed by atoms with Crippen LogP contribution < -0.4 is 4.74 Å². The van der Waals surface area contributed by atoms with Gasteiger partial charge in [0.05, 0.1) is 18.3 Å². The van der Waals surface area contributed by atoms with Gasteiger partial charge in [-0.2, -0.15) is 10.4 Å². The number of nitrogens with one attached hydrogen (secondary N) is 1. The Labute approximate surface area is 156 Å². The van der Waals surface area contributed by atoms with Crippen LogP contribution in [0.3, 0.4) is 0 Å². The lowest BCUT2D eigenvalue weighted by atomic mass is 9.79. The summed E-state index contributed by atoms with van der Waals surface area (Å²) in [5.41, 5.74) is 3.50. The second-order valence-electron chi connectivity index (χ2n) is 6.59. The fourth-order valence-electron chi connectivity index (χ4n) is 3.56. The summed E-state index contributed by atoms with van der Waals surface area (Å²) in [6, 6.07) is 18.8. The van der Waals surface area contributed by atoms with Crippen molar-refractivity contribution in [2.45, 2.75) is 19.4 Å². The molecule has 4 rings (SSSR count). The number of fused-ring (bicyclic) bond motifs is 1. The fourth-order valence-corrected chi connectivity index (χ4v) is 3.56. The lowest BCUT2D eigenvalue weighted by molar-refractivity contribution is 0.406. The summed E-state index contributed by atoms with van der Waals surface area (Å²) in [4.78, 5) is 0. The monoisotopic (exact) mass is 358 g/mol. The molecule has 0 bridgehead atoms. The molecule has 0 fully saturated rings. The Bertz CT molecular complexity index is 1030. The van der Waals surface area contributed by atoms with Crippen molar-refractivity contribution in [1.82, 2.24) is 9.78 Å². The van der Waals surface area contributed by atoms with Crippen LogP contribution in [0.5, 0.6) is 11.6 Å². The molecule has 0 saturated carbocycles. The first-order chi connectivity index (χ1) is 13.1. The van der Waals surface area contributed by atoms with E-state index in [-0.39, 0.29) is 17.6 Å². The van der Waals surface area contributed by atoms with Crippen molar-refractivity contribution in [2.24, 2.45) is 5.92 Å². The molecule has 0 unspecified atom stereocenters. The number of nitriles is 1. The average Bonchev–Trinajstić information content (AvgIpc) is 2.97. The summed E-state index contributed by atoms with van der Waals surface area (Å²) in [5, 5.41) is 32.1. The summed E-state index contributed by atoms with van der Waals surface area (Å²) in [6.07, 6.45) is 0. The molecule has 0 aliphatic carbocycles. The normalized spacial score (nSPS) is 18.4. The van der Waals surface area contributed by atoms with E-state index in [0.29, 0.717) is 12.4 Å². The van der Waals surface area contributed by atoms with Gasteiger partial charge in [0.1, 0.15) is 11.7 Å². The zero-order valence-electron chi connectivity index (χ0n) is 14.8. The number of ether oxygens (including phenoxy) is 1. The first-order valence-electron chi connectivity index (χ1n) is 8.64. The predicted molar refractivity (Wildman–Crippen MR) is 99.9 cm³/mol. The van der Waals surface area contributed by atoms with Crippen molar-refractivity contribution in [3.8, 4) is 17.7 Å². The number of aromatic nitrogens is 2. The Hall–Kier alpha value is -3.59. The third-order valence-corrected chi connectivity index (χ3v) is 4.83. The molecule has 1 aromatic heterocycles. The molecule has 2 aromatic carbocycles. The zero-order valence-corrected chi connectivity index (χ0v) is 14.8. The van der Waals surface area contributed by atoms with E-state index < -0.39 is 5.92 Å². The maximum atomic E-state index is 9.66. The van der Waals surface area contributed by atoms with Crippen molar-refractivity contribution in [3.63, 3.8) is 0 Å². The van der Waals surface area contributed by atoms with Crippen molar-refractivity contribution in [3.05, 3.63) is 77.0 Å². The van der Waals surface area contributed by atoms with Crippen LogP contribution >= 0.6 is 0 Å². The Morgan fingerprint density at radius 2 is 1.89 bits per heavy atom. The smallest absolute Gasteiger partial charge is 0.224 e. The maximum Gasteiger partial charge on any atom is 0.224 e. The van der Waals surface area contributed by atoms with Gasteiger partial charge in [0.2, 0.25) is 11.8 Å². The molecular formula is C21H18N4O2. The molecule has 27 heavy (non-hydrogen) atoms. The van der Waals surface area contributed by atoms with Crippen molar-refractivity contribution in [1.29, 1.82) is 10.7 Å². The summed E-state index contributed by atoms with van der Waals surface area (Å²) in [7, 11) is 0. The van der Waals surface area contributed by atoms with E-state index in [9.17, 15) is 10.4 Å². The highest BCUT2D eigenvalue weighted by Gasteiger charge is 2.40. The Morgan fingerprint density at radius 1 is 1.19 bits per heavy atom. The van der Waals surface area contributed by atoms with Crippen LogP contribution in [0, 0.1) is 29.6 Å². The van der Waals surface area contributed by atoms with Gasteiger partial charge < -0.3 is 9.84 Å². The lowest BCUT2D eigenvalue weighted by Crippen LogP contribution is -2.31. The number of nitrogens with zero attached hydrogens (tertiary/aromatic N) is 3. The van der Waals surface area contributed by atoms with Gasteiger partial charge in [-0.15, -0.1) is 0 Å². The Morgan fingerprint density at radius 3 is 2.56 bits per heavy atom. The van der Waals surface area contributed by atoms with Crippen molar-refractivity contribution < 1.29 is 9.84 Å². The number of aromatic hydroxyl groups is 1. The molecule has 0 radical (unpaired) electrons. The molecule has 0 spiro atoms. The highest BCUT2D eigenvalue weighted by atomic mass is 16.5. The van der Waals surface area contributed by atoms with Gasteiger partial charge in [-0.05, 0) is 30.2 Å². The van der Waals surface area contributed by atoms with Crippen LogP contribution in [-0.2, 0) is 6.54 Å². The third-order valence-electron chi connectivity index (χ3n) is 4.83. The standard InChI is InChI=1S/C21H18N4O2/c1-13-18-19(15-7-9-16(26)10-8-15)17(11-22)20(23)27-21(18)25(24-13)12-14-5-3-2-4-6-14/h2-10,17,19,23,26H,12H2,1H3/t17-,19+/m0/s1. The van der Waals surface area contributed by atoms with Crippen LogP contribution in [-0.4, -0.2) is 20.8 Å². The van der Waals surface area contributed by atoms with E-state index in [1.54, 1.807) is 28.9 Å². The molecule has 2 N–H and O–H groups in total. The minimum absolute atomic E-state index is 0.0858. The SMILES string of the molecule is Cc1nn(Cc2ccccc2)c2c1[C@H](c1ccc(O)cc1)[C@H](C#N)C(=N)O2. The van der Waals surface area contributed by atoms with E-state index >= 15 is 0 Å². The number of phenols is 1. The molecule has 2 atom stereocenters. The molecule has 6 heteroatoms. The van der Waals surface area contributed by atoms with E-state index in [2.05, 4.69) is 11.2 Å². The fraction of sp³-hybridized carbons (Fsp3) is 0.190. The minimum Gasteiger partial charge on any atom is -0.508 e. The summed E-state index contributed by atoms with van der Waals surface area (Å²) < 4.78 is 7.49. The number of benzene rings is 2. The summed E-state index contributed by atoms with van der Waals surface area (Å²) in [6.45, 7) is 2.41. The van der Waals surface area contributed by atoms with Gasteiger partial charge in [-0.3, -0.25) is 5.41 Å². The van der Waals surface area contributed by atoms with Gasteiger partial charge in [0.25, 0.3) is 0 Å². The highest BCUT2D eigenvalue weighted by molar-refractivity contribution is 5.84. The molecule has 3 aromatic rings. The summed E-state index contributed by atoms with van der Waals surface area (Å²) >= 11 is 0. The van der Waals surface area contributed by atoms with Gasteiger partial charge >= 0.3 is 0 Å². The molecular weight excluding hydrogens is 340 g/mol. The van der Waals surface area contributed by atoms with Crippen LogP contribution in [0.2, 0.25) is 0 Å². The van der Waals surface area contributed by atoms with Crippen molar-refractivity contribution in [2.75, 3.05) is 0 Å². The molecule has 0 amide bonds. The van der Waals surface area contributed by atoms with Crippen LogP contribution in [0.1, 0.15) is 28.3 Å². The summed E-state index contributed by atoms with van der Waals surface area (Å²) in [5.74, 6) is -0.527. The number of aryl methyl sites for hydroxylation is 1. The zero-order chi connectivity index (χ0) is 19.0. The van der Waals surface area contributed by atoms with Crippen molar-refractivity contribution >= 4 is 5.90 Å². The minimum atomic E-state index is -0.741. The molecule has 1 aliphatic rings. The van der Waals surface area contributed by atoms with E-state index in [1.807, 2.05) is 37.3 Å². The van der Waals surface area contributed by atoms with Crippen LogP contribution in [0.15, 0.2) is 54.6 Å². The molecule has 2 heterocycles. The molecule has 1 aliphatic heterocycles. The molecule has 6 nitrogen and oxygen atoms in total. The maximum absolute atomic E-state index is 9.66. The number of hydrogen-bond acceptors (Lipinski definition) is 5. The quantitative estimate of drug-likeness (QED) is 0.748. The first-order valence-corrected chi connectivity index (χ1v) is 8.64. The highest BCUT2D eigenvalue weighted by Crippen LogP contribution is 2.44. The van der Waals surface area contributed by atoms with Gasteiger partial charge in [-0.1, -0.05) is 42.5 Å². The van der Waals surface area contributed by atoms with Crippen LogP contribution in [0.25, 0.3) is 0 Å². The third kappa shape index (κ3) is 2.93. The van der Waals surface area contributed by atoms with Crippen LogP contribution in [0.4, 0.5) is 0 Å². The second kappa shape index (κ2) is 6.61. The largest absolute Gasteiger partial charge is 0.508 e. The van der Waals surface area contributed by atoms with Gasteiger partial charge in [0, 0.05) is 11.5 Å². The van der Waals surface area contributed by atoms with Gasteiger partial charge in [-0.25, -0.2) is 4.68 Å². The van der Waals surface area contributed by atoms with E-state index in [1.165, 1.54) is 0 Å². The Kier molecular flexibility index (Phi) is 4.13. The number of rotatable bonds is 3.